The Bertz CT molecular complexity index is 853. The van der Waals surface area contributed by atoms with Gasteiger partial charge < -0.3 is 5.32 Å². The van der Waals surface area contributed by atoms with Gasteiger partial charge in [-0.2, -0.15) is 5.10 Å². The van der Waals surface area contributed by atoms with Crippen LogP contribution in [0.1, 0.15) is 40.7 Å². The summed E-state index contributed by atoms with van der Waals surface area (Å²) in [4.78, 5) is 16.5. The molecule has 132 valence electrons. The molecule has 3 aromatic rings. The first-order valence-electron chi connectivity index (χ1n) is 9.00. The number of benzene rings is 2. The fourth-order valence-corrected chi connectivity index (χ4v) is 3.58. The van der Waals surface area contributed by atoms with Gasteiger partial charge in [-0.05, 0) is 36.1 Å². The summed E-state index contributed by atoms with van der Waals surface area (Å²) >= 11 is 0. The fraction of sp³-hybridized carbons (Fsp3) is 0.286. The van der Waals surface area contributed by atoms with E-state index in [2.05, 4.69) is 39.7 Å². The zero-order valence-corrected chi connectivity index (χ0v) is 14.6. The van der Waals surface area contributed by atoms with E-state index in [4.69, 9.17) is 0 Å². The highest BCUT2D eigenvalue weighted by atomic mass is 16.1. The maximum atomic E-state index is 12.6. The van der Waals surface area contributed by atoms with Crippen molar-refractivity contribution in [3.63, 3.8) is 0 Å². The molecule has 1 fully saturated rings. The van der Waals surface area contributed by atoms with Gasteiger partial charge in [0.1, 0.15) is 12.7 Å². The fourth-order valence-electron chi connectivity index (χ4n) is 3.58. The molecular weight excluding hydrogens is 324 g/mol. The lowest BCUT2D eigenvalue weighted by Crippen LogP contribution is -2.45. The minimum absolute atomic E-state index is 0.0143. The lowest BCUT2D eigenvalue weighted by molar-refractivity contribution is 0.0928. The van der Waals surface area contributed by atoms with Crippen LogP contribution < -0.4 is 5.32 Å². The molecule has 0 radical (unpaired) electrons. The summed E-state index contributed by atoms with van der Waals surface area (Å²) in [6.45, 7) is 1.34. The van der Waals surface area contributed by atoms with Crippen LogP contribution in [0.5, 0.6) is 0 Å². The standard InChI is InChI=1S/C21H22N4O/c26-20(18-9-7-17(8-10-18)13-25-16-22-15-24-25)23-14-21(11-4-12-21)19-5-2-1-3-6-19/h1-3,5-10,15-16H,4,11-14H2,(H,23,26). The molecule has 5 nitrogen and oxygen atoms in total. The van der Waals surface area contributed by atoms with Crippen molar-refractivity contribution in [2.45, 2.75) is 31.2 Å². The van der Waals surface area contributed by atoms with Crippen molar-refractivity contribution >= 4 is 5.91 Å². The van der Waals surface area contributed by atoms with E-state index in [1.807, 2.05) is 30.3 Å². The molecule has 0 saturated heterocycles. The molecule has 1 N–H and O–H groups in total. The molecule has 1 saturated carbocycles. The molecule has 0 aliphatic heterocycles. The lowest BCUT2D eigenvalue weighted by Gasteiger charge is -2.42. The van der Waals surface area contributed by atoms with Crippen LogP contribution in [-0.2, 0) is 12.0 Å². The Morgan fingerprint density at radius 2 is 1.85 bits per heavy atom. The third-order valence-electron chi connectivity index (χ3n) is 5.31. The summed E-state index contributed by atoms with van der Waals surface area (Å²) in [6.07, 6.45) is 6.69. The summed E-state index contributed by atoms with van der Waals surface area (Å²) < 4.78 is 1.76. The Morgan fingerprint density at radius 3 is 2.46 bits per heavy atom. The Labute approximate surface area is 153 Å². The number of hydrogen-bond donors (Lipinski definition) is 1. The van der Waals surface area contributed by atoms with E-state index >= 15 is 0 Å². The van der Waals surface area contributed by atoms with E-state index < -0.39 is 0 Å². The van der Waals surface area contributed by atoms with Crippen LogP contribution in [0.25, 0.3) is 0 Å². The summed E-state index contributed by atoms with van der Waals surface area (Å²) in [6, 6.07) is 18.2. The van der Waals surface area contributed by atoms with Crippen molar-refractivity contribution in [2.75, 3.05) is 6.54 Å². The van der Waals surface area contributed by atoms with Crippen LogP contribution in [0.2, 0.25) is 0 Å². The Kier molecular flexibility index (Phi) is 4.52. The minimum Gasteiger partial charge on any atom is -0.351 e. The summed E-state index contributed by atoms with van der Waals surface area (Å²) in [5.41, 5.74) is 3.21. The van der Waals surface area contributed by atoms with Gasteiger partial charge in [-0.25, -0.2) is 9.67 Å². The van der Waals surface area contributed by atoms with Crippen molar-refractivity contribution in [1.29, 1.82) is 0 Å². The average molecular weight is 346 g/mol. The number of carbonyl (C=O) groups excluding carboxylic acids is 1. The number of amides is 1. The third kappa shape index (κ3) is 3.38. The van der Waals surface area contributed by atoms with E-state index in [-0.39, 0.29) is 11.3 Å². The quantitative estimate of drug-likeness (QED) is 0.746. The molecule has 26 heavy (non-hydrogen) atoms. The summed E-state index contributed by atoms with van der Waals surface area (Å²) in [5.74, 6) is -0.0143. The van der Waals surface area contributed by atoms with Gasteiger partial charge in [0.15, 0.2) is 0 Å². The first-order chi connectivity index (χ1) is 12.8. The Hall–Kier alpha value is -2.95. The van der Waals surface area contributed by atoms with Crippen molar-refractivity contribution < 1.29 is 4.79 Å². The monoisotopic (exact) mass is 346 g/mol. The molecule has 1 aliphatic rings. The molecule has 1 amide bonds. The van der Waals surface area contributed by atoms with E-state index in [9.17, 15) is 4.79 Å². The maximum Gasteiger partial charge on any atom is 0.251 e. The molecule has 0 unspecified atom stereocenters. The van der Waals surface area contributed by atoms with Gasteiger partial charge in [0.25, 0.3) is 5.91 Å². The molecule has 0 bridgehead atoms. The van der Waals surface area contributed by atoms with Gasteiger partial charge in [-0.1, -0.05) is 48.9 Å². The number of nitrogens with one attached hydrogen (secondary N) is 1. The Morgan fingerprint density at radius 1 is 1.08 bits per heavy atom. The smallest absolute Gasteiger partial charge is 0.251 e. The average Bonchev–Trinajstić information content (AvgIpc) is 3.15. The summed E-state index contributed by atoms with van der Waals surface area (Å²) in [5, 5.41) is 7.24. The van der Waals surface area contributed by atoms with Gasteiger partial charge in [0.05, 0.1) is 6.54 Å². The van der Waals surface area contributed by atoms with Gasteiger partial charge in [-0.3, -0.25) is 4.79 Å². The lowest BCUT2D eigenvalue weighted by atomic mass is 9.64. The predicted molar refractivity (Wildman–Crippen MR) is 99.9 cm³/mol. The van der Waals surface area contributed by atoms with Gasteiger partial charge >= 0.3 is 0 Å². The van der Waals surface area contributed by atoms with Gasteiger partial charge in [0.2, 0.25) is 0 Å². The van der Waals surface area contributed by atoms with Crippen LogP contribution in [0.3, 0.4) is 0 Å². The van der Waals surface area contributed by atoms with Crippen LogP contribution in [0.15, 0.2) is 67.3 Å². The first kappa shape index (κ1) is 16.5. The first-order valence-corrected chi connectivity index (χ1v) is 9.00. The molecule has 0 spiro atoms. The molecule has 1 heterocycles. The SMILES string of the molecule is O=C(NCC1(c2ccccc2)CCC1)c1ccc(Cn2cncn2)cc1. The van der Waals surface area contributed by atoms with E-state index in [0.717, 1.165) is 18.4 Å². The number of carbonyl (C=O) groups is 1. The van der Waals surface area contributed by atoms with Crippen LogP contribution >= 0.6 is 0 Å². The molecule has 2 aromatic carbocycles. The highest BCUT2D eigenvalue weighted by Gasteiger charge is 2.38. The van der Waals surface area contributed by atoms with Gasteiger partial charge in [0, 0.05) is 17.5 Å². The normalized spacial score (nSPS) is 15.2. The molecular formula is C21H22N4O. The zero-order valence-electron chi connectivity index (χ0n) is 14.6. The second-order valence-electron chi connectivity index (χ2n) is 6.97. The van der Waals surface area contributed by atoms with Crippen molar-refractivity contribution in [2.24, 2.45) is 0 Å². The Balaban J connectivity index is 1.39. The molecule has 0 atom stereocenters. The van der Waals surface area contributed by atoms with E-state index in [1.54, 1.807) is 11.0 Å². The van der Waals surface area contributed by atoms with Crippen molar-refractivity contribution in [3.05, 3.63) is 83.9 Å². The maximum absolute atomic E-state index is 12.6. The molecule has 5 heteroatoms. The molecule has 1 aliphatic carbocycles. The molecule has 1 aromatic heterocycles. The number of nitrogens with zero attached hydrogens (tertiary/aromatic N) is 3. The number of rotatable bonds is 6. The van der Waals surface area contributed by atoms with Crippen molar-refractivity contribution in [3.8, 4) is 0 Å². The van der Waals surface area contributed by atoms with Crippen LogP contribution in [0.4, 0.5) is 0 Å². The zero-order chi connectivity index (χ0) is 17.8. The molecule has 4 rings (SSSR count). The topological polar surface area (TPSA) is 59.8 Å². The second kappa shape index (κ2) is 7.12. The van der Waals surface area contributed by atoms with Gasteiger partial charge in [-0.15, -0.1) is 0 Å². The van der Waals surface area contributed by atoms with E-state index in [0.29, 0.717) is 18.7 Å². The third-order valence-corrected chi connectivity index (χ3v) is 5.31. The van der Waals surface area contributed by atoms with Crippen molar-refractivity contribution in [1.82, 2.24) is 20.1 Å². The number of hydrogen-bond acceptors (Lipinski definition) is 3. The van der Waals surface area contributed by atoms with E-state index in [1.165, 1.54) is 18.3 Å². The highest BCUT2D eigenvalue weighted by Crippen LogP contribution is 2.43. The van der Waals surface area contributed by atoms with Crippen LogP contribution in [0, 0.1) is 0 Å². The van der Waals surface area contributed by atoms with Crippen LogP contribution in [-0.4, -0.2) is 27.2 Å². The largest absolute Gasteiger partial charge is 0.351 e. The summed E-state index contributed by atoms with van der Waals surface area (Å²) in [7, 11) is 0. The minimum atomic E-state index is -0.0143. The predicted octanol–water partition coefficient (Wildman–Crippen LogP) is 3.18. The second-order valence-corrected chi connectivity index (χ2v) is 6.97. The number of aromatic nitrogens is 3. The highest BCUT2D eigenvalue weighted by molar-refractivity contribution is 5.94.